The summed E-state index contributed by atoms with van der Waals surface area (Å²) in [5.74, 6) is -179. The molecule has 0 atom stereocenters. The second-order valence-electron chi connectivity index (χ2n) is 13.5. The van der Waals surface area contributed by atoms with Gasteiger partial charge < -0.3 is 14.7 Å². The fourth-order valence-corrected chi connectivity index (χ4v) is 4.77. The maximum Gasteiger partial charge on any atom is 0.707 e. The number of alkyl halides is 42. The van der Waals surface area contributed by atoms with Gasteiger partial charge in [0.1, 0.15) is 5.75 Å². The Bertz CT molecular complexity index is 2130. The van der Waals surface area contributed by atoms with Crippen molar-refractivity contribution in [3.63, 3.8) is 0 Å². The van der Waals surface area contributed by atoms with Gasteiger partial charge >= 0.3 is 126 Å². The van der Waals surface area contributed by atoms with E-state index in [1.165, 1.54) is 0 Å². The van der Waals surface area contributed by atoms with E-state index in [4.69, 9.17) is 10.0 Å². The smallest absolute Gasteiger partial charge is 0.512 e. The molecule has 0 unspecified atom stereocenters. The first kappa shape index (κ1) is 66.1. The summed E-state index contributed by atoms with van der Waals surface area (Å²) in [6.07, 6.45) is -17.0. The molecule has 0 radical (unpaired) electrons. The second kappa shape index (κ2) is 16.8. The van der Waals surface area contributed by atoms with Gasteiger partial charge in [0.15, 0.2) is 0 Å². The molecule has 0 aliphatic rings. The van der Waals surface area contributed by atoms with E-state index < -0.39 is 161 Å². The normalized spacial score (nSPS) is 16.6. The summed E-state index contributed by atoms with van der Waals surface area (Å²) in [6.45, 7) is 0. The third-order valence-electron chi connectivity index (χ3n) is 8.93. The average molecular weight is 1170 g/mol. The topological polar surface area (TPSA) is 49.7 Å². The molecule has 72 heavy (non-hydrogen) atoms. The highest BCUT2D eigenvalue weighted by Crippen LogP contribution is 2.71. The average Bonchev–Trinajstić information content (AvgIpc) is 3.15. The zero-order valence-electron chi connectivity index (χ0n) is 31.0. The van der Waals surface area contributed by atoms with E-state index in [-0.39, 0.29) is 0 Å². The summed E-state index contributed by atoms with van der Waals surface area (Å²) in [5, 5.41) is 17.3. The van der Waals surface area contributed by atoms with Crippen molar-refractivity contribution in [2.24, 2.45) is 0 Å². The van der Waals surface area contributed by atoms with Crippen molar-refractivity contribution in [1.29, 1.82) is 0 Å². The molecule has 1 aromatic rings. The van der Waals surface area contributed by atoms with E-state index in [1.807, 2.05) is 0 Å². The zero-order chi connectivity index (χ0) is 59.1. The number of rotatable bonds is 20. The van der Waals surface area contributed by atoms with Gasteiger partial charge in [0, 0.05) is 5.56 Å². The monoisotopic (exact) mass is 1170 g/mol. The van der Waals surface area contributed by atoms with E-state index >= 15 is 17.6 Å². The zero-order valence-corrected chi connectivity index (χ0v) is 31.0. The van der Waals surface area contributed by atoms with E-state index in [1.54, 1.807) is 0 Å². The first-order chi connectivity index (χ1) is 30.5. The molecule has 0 amide bonds. The van der Waals surface area contributed by atoms with Gasteiger partial charge in [0.25, 0.3) is 0 Å². The van der Waals surface area contributed by atoms with Crippen molar-refractivity contribution in [3.8, 4) is 5.75 Å². The molecule has 0 aliphatic heterocycles. The number of hydrogen-bond acceptors (Lipinski definition) is 3. The Kier molecular flexibility index (Phi) is 15.4. The lowest BCUT2D eigenvalue weighted by molar-refractivity contribution is -0.475. The minimum atomic E-state index is -10.2. The maximum atomic E-state index is 15.4. The van der Waals surface area contributed by atoms with Crippen LogP contribution in [0.4, 0.5) is 184 Å². The maximum absolute atomic E-state index is 15.4. The van der Waals surface area contributed by atoms with E-state index in [9.17, 15) is 167 Å². The van der Waals surface area contributed by atoms with Gasteiger partial charge in [0.2, 0.25) is 0 Å². The van der Waals surface area contributed by atoms with Crippen LogP contribution in [0.5, 0.6) is 5.75 Å². The van der Waals surface area contributed by atoms with Gasteiger partial charge in [-0.2, -0.15) is 184 Å². The third kappa shape index (κ3) is 7.91. The van der Waals surface area contributed by atoms with Crippen LogP contribution < -0.4 is 4.65 Å². The molecule has 2 N–H and O–H groups in total. The van der Waals surface area contributed by atoms with Crippen molar-refractivity contribution in [2.75, 3.05) is 0 Å². The van der Waals surface area contributed by atoms with Crippen molar-refractivity contribution in [2.45, 2.75) is 119 Å². The van der Waals surface area contributed by atoms with Gasteiger partial charge in [0.05, 0.1) is 5.56 Å². The molecule has 0 bridgehead atoms. The molecular formula is C26H5BF42O3. The summed E-state index contributed by atoms with van der Waals surface area (Å²) in [7, 11) is -4.53. The molecule has 46 heteroatoms. The largest absolute Gasteiger partial charge is 0.707 e. The Hall–Kier alpha value is -3.94. The first-order valence-corrected chi connectivity index (χ1v) is 15.6. The Morgan fingerprint density at radius 3 is 0.667 bits per heavy atom. The first-order valence-electron chi connectivity index (χ1n) is 15.6. The highest BCUT2D eigenvalue weighted by molar-refractivity contribution is 6.33. The fourth-order valence-electron chi connectivity index (χ4n) is 4.77. The van der Waals surface area contributed by atoms with Crippen molar-refractivity contribution in [3.05, 3.63) is 29.3 Å². The quantitative estimate of drug-likeness (QED) is 0.101. The predicted octanol–water partition coefficient (Wildman–Crippen LogP) is 13.5. The van der Waals surface area contributed by atoms with Gasteiger partial charge in [-0.25, -0.2) is 0 Å². The Morgan fingerprint density at radius 2 is 0.458 bits per heavy atom. The summed E-state index contributed by atoms with van der Waals surface area (Å²) in [4.78, 5) is 0. The second-order valence-corrected chi connectivity index (χ2v) is 13.5. The molecule has 0 aliphatic carbocycles. The molecule has 0 fully saturated rings. The molecule has 0 spiro atoms. The Morgan fingerprint density at radius 1 is 0.264 bits per heavy atom. The van der Waals surface area contributed by atoms with Gasteiger partial charge in [-0.05, 0) is 6.07 Å². The van der Waals surface area contributed by atoms with Crippen LogP contribution in [0.1, 0.15) is 11.1 Å². The van der Waals surface area contributed by atoms with Crippen LogP contribution in [0.3, 0.4) is 0 Å². The minimum absolute atomic E-state index is 1.21. The lowest BCUT2D eigenvalue weighted by atomic mass is 9.81. The van der Waals surface area contributed by atoms with Crippen LogP contribution in [-0.2, 0) is 11.8 Å². The Balaban J connectivity index is 4.51. The standard InChI is InChI=1S/C26H5BF42O3/c28-7(29,9(32,33)11(36,37)13(40,41)15(44,45)17(48,49)19(52,53)21(56,57)23(60,61)25(64,65)66)4-2-1-3-5(72-27(70)71)6(4)8(30,31)10(34,35)12(38,39)14(42,43)16(46,47)18(50,51)20(54,55)22(58,59)24(62,63)26(67,68)69/h1-3,70-71H. The van der Waals surface area contributed by atoms with Crippen LogP contribution in [0.25, 0.3) is 0 Å². The lowest BCUT2D eigenvalue weighted by Gasteiger charge is -2.45. The molecule has 424 valence electrons. The van der Waals surface area contributed by atoms with Crippen molar-refractivity contribution >= 4 is 7.32 Å². The molecule has 1 aromatic carbocycles. The molecule has 0 saturated heterocycles. The summed E-state index contributed by atoms with van der Waals surface area (Å²) < 4.78 is 587. The van der Waals surface area contributed by atoms with Crippen LogP contribution in [0.2, 0.25) is 0 Å². The Labute approximate surface area is 361 Å². The van der Waals surface area contributed by atoms with Crippen molar-refractivity contribution in [1.82, 2.24) is 0 Å². The number of halogens is 42. The van der Waals surface area contributed by atoms with Crippen LogP contribution in [0, 0.1) is 0 Å². The van der Waals surface area contributed by atoms with E-state index in [0.717, 1.165) is 0 Å². The van der Waals surface area contributed by atoms with E-state index in [0.29, 0.717) is 0 Å². The number of benzene rings is 1. The molecule has 0 saturated carbocycles. The molecule has 3 nitrogen and oxygen atoms in total. The highest BCUT2D eigenvalue weighted by Gasteiger charge is 3.00. The van der Waals surface area contributed by atoms with Crippen molar-refractivity contribution < 1.29 is 199 Å². The third-order valence-corrected chi connectivity index (χ3v) is 8.93. The highest BCUT2D eigenvalue weighted by atomic mass is 19.5. The van der Waals surface area contributed by atoms with Crippen LogP contribution in [0.15, 0.2) is 18.2 Å². The van der Waals surface area contributed by atoms with Crippen LogP contribution in [-0.4, -0.2) is 124 Å². The molecule has 0 heterocycles. The lowest BCUT2D eigenvalue weighted by Crippen LogP contribution is -2.76. The van der Waals surface area contributed by atoms with Gasteiger partial charge in [-0.1, -0.05) is 12.1 Å². The van der Waals surface area contributed by atoms with Gasteiger partial charge in [-0.15, -0.1) is 0 Å². The van der Waals surface area contributed by atoms with Gasteiger partial charge in [-0.3, -0.25) is 0 Å². The van der Waals surface area contributed by atoms with E-state index in [2.05, 4.69) is 4.65 Å². The number of hydrogen-bond donors (Lipinski definition) is 2. The predicted molar refractivity (Wildman–Crippen MR) is 136 cm³/mol. The SMILES string of the molecule is OB(O)Oc1cccc(C(F)(F)C(F)(F)C(F)(F)C(F)(F)C(F)(F)C(F)(F)C(F)(F)C(F)(F)C(F)(F)C(F)(F)F)c1C(F)(F)C(F)(F)C(F)(F)C(F)(F)C(F)(F)C(F)(F)C(F)(F)C(F)(F)C(F)(F)C(F)(F)F. The van der Waals surface area contributed by atoms with Crippen LogP contribution >= 0.6 is 0 Å². The fraction of sp³-hybridized carbons (Fsp3) is 0.769. The molecular weight excluding hydrogens is 1170 g/mol. The summed E-state index contributed by atoms with van der Waals surface area (Å²) in [6, 6.07) is -4.61. The molecule has 1 rings (SSSR count). The minimum Gasteiger partial charge on any atom is -0.512 e. The summed E-state index contributed by atoms with van der Waals surface area (Å²) >= 11 is 0. The molecule has 0 aromatic heterocycles. The summed E-state index contributed by atoms with van der Waals surface area (Å²) in [5.41, 5.74) is -10.5.